The van der Waals surface area contributed by atoms with Crippen molar-refractivity contribution in [3.63, 3.8) is 0 Å². The van der Waals surface area contributed by atoms with Crippen molar-refractivity contribution in [2.24, 2.45) is 0 Å². The molecule has 10 heteroatoms. The van der Waals surface area contributed by atoms with Crippen LogP contribution in [-0.4, -0.2) is 61.0 Å². The molecule has 0 radical (unpaired) electrons. The molecule has 8 nitrogen and oxygen atoms in total. The molecule has 3 aromatic carbocycles. The molecule has 0 atom stereocenters. The molecule has 0 aliphatic carbocycles. The summed E-state index contributed by atoms with van der Waals surface area (Å²) in [4.78, 5) is 7.30. The van der Waals surface area contributed by atoms with Crippen molar-refractivity contribution >= 4 is 44.1 Å². The van der Waals surface area contributed by atoms with Gasteiger partial charge in [-0.2, -0.15) is 0 Å². The maximum atomic E-state index is 12.8. The molecular formula is C28H30ClN5O3S. The lowest BCUT2D eigenvalue weighted by molar-refractivity contribution is 0.340. The van der Waals surface area contributed by atoms with E-state index in [1.54, 1.807) is 37.4 Å². The molecule has 0 spiro atoms. The molecule has 0 amide bonds. The van der Waals surface area contributed by atoms with E-state index in [4.69, 9.17) is 16.3 Å². The van der Waals surface area contributed by atoms with E-state index >= 15 is 0 Å². The first-order chi connectivity index (χ1) is 18.3. The quantitative estimate of drug-likeness (QED) is 0.284. The van der Waals surface area contributed by atoms with Crippen LogP contribution >= 0.6 is 11.6 Å². The van der Waals surface area contributed by atoms with Gasteiger partial charge in [0.25, 0.3) is 0 Å². The van der Waals surface area contributed by atoms with Crippen LogP contribution in [0, 0.1) is 6.92 Å². The number of methoxy groups -OCH3 is 1. The summed E-state index contributed by atoms with van der Waals surface area (Å²) in [6.07, 6.45) is 3.05. The van der Waals surface area contributed by atoms with Gasteiger partial charge in [-0.25, -0.2) is 13.4 Å². The van der Waals surface area contributed by atoms with Crippen LogP contribution in [0.1, 0.15) is 24.8 Å². The summed E-state index contributed by atoms with van der Waals surface area (Å²) in [5, 5.41) is 12.3. The first-order valence-corrected chi connectivity index (χ1v) is 14.7. The second kappa shape index (κ2) is 11.2. The Kier molecular flexibility index (Phi) is 7.78. The number of halogens is 1. The normalized spacial score (nSPS) is 14.2. The zero-order valence-corrected chi connectivity index (χ0v) is 23.0. The van der Waals surface area contributed by atoms with Crippen molar-refractivity contribution < 1.29 is 13.2 Å². The molecule has 2 heterocycles. The lowest BCUT2D eigenvalue weighted by Gasteiger charge is -2.14. The van der Waals surface area contributed by atoms with Crippen LogP contribution < -0.4 is 10.1 Å². The molecule has 1 N–H and O–H groups in total. The fourth-order valence-corrected chi connectivity index (χ4v) is 6.27. The molecule has 1 fully saturated rings. The lowest BCUT2D eigenvalue weighted by atomic mass is 10.0. The van der Waals surface area contributed by atoms with Crippen LogP contribution in [0.15, 0.2) is 59.5 Å². The van der Waals surface area contributed by atoms with Crippen LogP contribution in [-0.2, 0) is 9.84 Å². The predicted octanol–water partition coefficient (Wildman–Crippen LogP) is 5.67. The Morgan fingerprint density at radius 3 is 2.53 bits per heavy atom. The minimum Gasteiger partial charge on any atom is -0.497 e. The summed E-state index contributed by atoms with van der Waals surface area (Å²) in [5.74, 6) is 1.19. The second-order valence-corrected chi connectivity index (χ2v) is 12.0. The molecule has 4 aromatic rings. The Hall–Kier alpha value is -3.27. The molecule has 1 saturated heterocycles. The highest BCUT2D eigenvalue weighted by molar-refractivity contribution is 7.91. The minimum atomic E-state index is -3.33. The van der Waals surface area contributed by atoms with E-state index in [0.29, 0.717) is 44.8 Å². The van der Waals surface area contributed by atoms with Crippen molar-refractivity contribution in [3.05, 3.63) is 65.2 Å². The van der Waals surface area contributed by atoms with Gasteiger partial charge in [0, 0.05) is 16.3 Å². The molecule has 1 aliphatic rings. The molecule has 198 valence electrons. The van der Waals surface area contributed by atoms with E-state index in [-0.39, 0.29) is 5.75 Å². The van der Waals surface area contributed by atoms with E-state index in [2.05, 4.69) is 25.4 Å². The fourth-order valence-electron chi connectivity index (χ4n) is 4.75. The van der Waals surface area contributed by atoms with Gasteiger partial charge in [-0.1, -0.05) is 11.6 Å². The van der Waals surface area contributed by atoms with E-state index in [1.165, 1.54) is 12.8 Å². The number of sulfone groups is 1. The molecule has 5 rings (SSSR count). The molecule has 38 heavy (non-hydrogen) atoms. The van der Waals surface area contributed by atoms with Crippen LogP contribution in [0.3, 0.4) is 0 Å². The number of hydrogen-bond acceptors (Lipinski definition) is 8. The van der Waals surface area contributed by atoms with Crippen molar-refractivity contribution in [1.29, 1.82) is 0 Å². The fraction of sp³-hybridized carbons (Fsp3) is 0.321. The number of aromatic nitrogens is 3. The van der Waals surface area contributed by atoms with Crippen molar-refractivity contribution in [3.8, 4) is 16.9 Å². The van der Waals surface area contributed by atoms with Crippen LogP contribution in [0.2, 0.25) is 5.02 Å². The maximum absolute atomic E-state index is 12.8. The number of aryl methyl sites for hydroxylation is 1. The summed E-state index contributed by atoms with van der Waals surface area (Å²) in [7, 11) is -1.71. The monoisotopic (exact) mass is 551 g/mol. The van der Waals surface area contributed by atoms with E-state index in [9.17, 15) is 8.42 Å². The van der Waals surface area contributed by atoms with Gasteiger partial charge in [0.2, 0.25) is 5.95 Å². The smallest absolute Gasteiger partial charge is 0.247 e. The average molecular weight is 552 g/mol. The number of fused-ring (bicyclic) bond motifs is 1. The highest BCUT2D eigenvalue weighted by atomic mass is 35.5. The maximum Gasteiger partial charge on any atom is 0.247 e. The molecular weight excluding hydrogens is 522 g/mol. The van der Waals surface area contributed by atoms with Crippen molar-refractivity contribution in [1.82, 2.24) is 20.1 Å². The zero-order valence-electron chi connectivity index (χ0n) is 21.4. The summed E-state index contributed by atoms with van der Waals surface area (Å²) < 4.78 is 30.9. The summed E-state index contributed by atoms with van der Waals surface area (Å²) >= 11 is 6.44. The van der Waals surface area contributed by atoms with E-state index < -0.39 is 9.84 Å². The third kappa shape index (κ3) is 5.90. The second-order valence-electron chi connectivity index (χ2n) is 9.51. The van der Waals surface area contributed by atoms with Gasteiger partial charge in [-0.3, -0.25) is 0 Å². The number of nitrogens with zero attached hydrogens (tertiary/aromatic N) is 4. The van der Waals surface area contributed by atoms with E-state index in [0.717, 1.165) is 36.3 Å². The van der Waals surface area contributed by atoms with Crippen LogP contribution in [0.5, 0.6) is 5.75 Å². The first kappa shape index (κ1) is 26.3. The first-order valence-electron chi connectivity index (χ1n) is 12.6. The Bertz CT molecular complexity index is 1560. The topological polar surface area (TPSA) is 97.3 Å². The summed E-state index contributed by atoms with van der Waals surface area (Å²) in [6.45, 7) is 4.94. The highest BCUT2D eigenvalue weighted by Gasteiger charge is 2.17. The largest absolute Gasteiger partial charge is 0.497 e. The minimum absolute atomic E-state index is 0.149. The Balaban J connectivity index is 1.30. The Morgan fingerprint density at radius 1 is 1.03 bits per heavy atom. The van der Waals surface area contributed by atoms with Gasteiger partial charge in [-0.15, -0.1) is 10.2 Å². The molecule has 0 bridgehead atoms. The molecule has 0 saturated carbocycles. The standard InChI is InChI=1S/C28H30ClN5O3S/c1-19-16-20(24-18-22(37-2)8-11-25(24)29)17-26-27(19)31-28(33-32-26)30-21-6-9-23(10-7-21)38(35,36)15-5-14-34-12-3-4-13-34/h6-11,16-18H,3-5,12-15H2,1-2H3,(H,30,31,33). The molecule has 1 aromatic heterocycles. The van der Waals surface area contributed by atoms with Gasteiger partial charge in [0.15, 0.2) is 9.84 Å². The van der Waals surface area contributed by atoms with Gasteiger partial charge in [-0.05, 0) is 112 Å². The van der Waals surface area contributed by atoms with Gasteiger partial charge < -0.3 is 15.0 Å². The third-order valence-corrected chi connectivity index (χ3v) is 8.94. The SMILES string of the molecule is COc1ccc(Cl)c(-c2cc(C)c3nc(Nc4ccc(S(=O)(=O)CCCN5CCCC5)cc4)nnc3c2)c1. The summed E-state index contributed by atoms with van der Waals surface area (Å²) in [6, 6.07) is 16.1. The van der Waals surface area contributed by atoms with E-state index in [1.807, 2.05) is 31.2 Å². The van der Waals surface area contributed by atoms with Crippen molar-refractivity contribution in [2.45, 2.75) is 31.1 Å². The average Bonchev–Trinajstić information content (AvgIpc) is 3.43. The number of nitrogens with one attached hydrogen (secondary N) is 1. The number of benzene rings is 3. The summed E-state index contributed by atoms with van der Waals surface area (Å²) in [5.41, 5.74) is 4.69. The number of hydrogen-bond donors (Lipinski definition) is 1. The van der Waals surface area contributed by atoms with Gasteiger partial charge in [0.1, 0.15) is 11.3 Å². The number of anilines is 2. The zero-order chi connectivity index (χ0) is 26.7. The highest BCUT2D eigenvalue weighted by Crippen LogP contribution is 2.34. The molecule has 0 unspecified atom stereocenters. The third-order valence-electron chi connectivity index (χ3n) is 6.79. The number of ether oxygens (including phenoxy) is 1. The van der Waals surface area contributed by atoms with Gasteiger partial charge in [0.05, 0.1) is 23.3 Å². The van der Waals surface area contributed by atoms with Crippen LogP contribution in [0.4, 0.5) is 11.6 Å². The predicted molar refractivity (Wildman–Crippen MR) is 151 cm³/mol. The van der Waals surface area contributed by atoms with Crippen molar-refractivity contribution in [2.75, 3.05) is 37.8 Å². The Labute approximate surface area is 227 Å². The number of likely N-dealkylation sites (tertiary alicyclic amines) is 1. The van der Waals surface area contributed by atoms with Gasteiger partial charge >= 0.3 is 0 Å². The van der Waals surface area contributed by atoms with Crippen LogP contribution in [0.25, 0.3) is 22.2 Å². The lowest BCUT2D eigenvalue weighted by Crippen LogP contribution is -2.22. The molecule has 1 aliphatic heterocycles. The Morgan fingerprint density at radius 2 is 1.79 bits per heavy atom. The number of rotatable bonds is 9.